The first-order valence-corrected chi connectivity index (χ1v) is 11.3. The molecule has 2 aliphatic rings. The van der Waals surface area contributed by atoms with Crippen molar-refractivity contribution in [2.75, 3.05) is 31.3 Å². The lowest BCUT2D eigenvalue weighted by Gasteiger charge is -2.28. The van der Waals surface area contributed by atoms with Crippen LogP contribution in [0.1, 0.15) is 30.9 Å². The van der Waals surface area contributed by atoms with Gasteiger partial charge in [-0.2, -0.15) is 5.10 Å². The Morgan fingerprint density at radius 1 is 1.09 bits per heavy atom. The monoisotopic (exact) mass is 434 g/mol. The van der Waals surface area contributed by atoms with Gasteiger partial charge in [0.25, 0.3) is 0 Å². The van der Waals surface area contributed by atoms with Gasteiger partial charge < -0.3 is 10.1 Å². The van der Waals surface area contributed by atoms with Gasteiger partial charge in [-0.1, -0.05) is 42.5 Å². The number of hydrogen-bond acceptors (Lipinski definition) is 6. The molecule has 2 aromatic rings. The lowest BCUT2D eigenvalue weighted by molar-refractivity contribution is -0.135. The minimum absolute atomic E-state index is 0.124. The number of amides is 1. The summed E-state index contributed by atoms with van der Waals surface area (Å²) < 4.78 is 5.10. The Hall–Kier alpha value is -3.19. The number of esters is 1. The van der Waals surface area contributed by atoms with E-state index in [-0.39, 0.29) is 24.6 Å². The third-order valence-corrected chi connectivity index (χ3v) is 5.90. The lowest BCUT2D eigenvalue weighted by Crippen LogP contribution is -2.43. The topological polar surface area (TPSA) is 74.2 Å². The first-order chi connectivity index (χ1) is 15.7. The average Bonchev–Trinajstić information content (AvgIpc) is 3.28. The number of nitrogens with one attached hydrogen (secondary N) is 1. The molecule has 7 heteroatoms. The molecule has 1 amide bonds. The number of rotatable bonds is 8. The Kier molecular flexibility index (Phi) is 7.17. The zero-order chi connectivity index (χ0) is 22.3. The van der Waals surface area contributed by atoms with E-state index < -0.39 is 12.0 Å². The summed E-state index contributed by atoms with van der Waals surface area (Å²) in [6.45, 7) is 5.57. The number of benzene rings is 2. The molecule has 32 heavy (non-hydrogen) atoms. The first kappa shape index (κ1) is 22.0. The Labute approximate surface area is 189 Å². The fraction of sp³-hybridized carbons (Fsp3) is 0.400. The first-order valence-electron chi connectivity index (χ1n) is 11.3. The number of carbonyl (C=O) groups is 2. The van der Waals surface area contributed by atoms with Crippen molar-refractivity contribution in [3.8, 4) is 0 Å². The van der Waals surface area contributed by atoms with Gasteiger partial charge in [-0.15, -0.1) is 0 Å². The molecule has 0 bridgehead atoms. The Morgan fingerprint density at radius 2 is 1.84 bits per heavy atom. The number of nitrogens with zero attached hydrogens (tertiary/aromatic N) is 3. The van der Waals surface area contributed by atoms with Crippen LogP contribution < -0.4 is 10.3 Å². The molecule has 0 radical (unpaired) electrons. The fourth-order valence-corrected chi connectivity index (χ4v) is 4.25. The highest BCUT2D eigenvalue weighted by Crippen LogP contribution is 2.25. The van der Waals surface area contributed by atoms with Gasteiger partial charge in [-0.25, -0.2) is 4.79 Å². The summed E-state index contributed by atoms with van der Waals surface area (Å²) in [4.78, 5) is 27.6. The number of ether oxygens (including phenoxy) is 1. The van der Waals surface area contributed by atoms with Gasteiger partial charge in [-0.3, -0.25) is 14.7 Å². The maximum atomic E-state index is 13.0. The lowest BCUT2D eigenvalue weighted by atomic mass is 10.00. The zero-order valence-corrected chi connectivity index (χ0v) is 18.5. The SMILES string of the molecule is CCOC(=O)C1=NN(c2ccccc2)C(C(=O)NCCCN2CCc3ccccc3C2)C1. The fourth-order valence-electron chi connectivity index (χ4n) is 4.25. The number of carbonyl (C=O) groups excluding carboxylic acids is 2. The molecule has 1 atom stereocenters. The van der Waals surface area contributed by atoms with E-state index >= 15 is 0 Å². The van der Waals surface area contributed by atoms with E-state index in [0.29, 0.717) is 6.54 Å². The summed E-state index contributed by atoms with van der Waals surface area (Å²) in [7, 11) is 0. The molecule has 0 aromatic heterocycles. The van der Waals surface area contributed by atoms with Crippen molar-refractivity contribution in [1.82, 2.24) is 10.2 Å². The maximum absolute atomic E-state index is 13.0. The maximum Gasteiger partial charge on any atom is 0.354 e. The number of para-hydroxylation sites is 1. The number of anilines is 1. The molecule has 2 aliphatic heterocycles. The zero-order valence-electron chi connectivity index (χ0n) is 18.5. The molecule has 0 saturated carbocycles. The molecule has 0 fully saturated rings. The highest BCUT2D eigenvalue weighted by Gasteiger charge is 2.36. The molecule has 168 valence electrons. The molecular formula is C25H30N4O3. The largest absolute Gasteiger partial charge is 0.461 e. The summed E-state index contributed by atoms with van der Waals surface area (Å²) in [5, 5.41) is 9.08. The van der Waals surface area contributed by atoms with Gasteiger partial charge in [0.1, 0.15) is 11.8 Å². The van der Waals surface area contributed by atoms with Crippen molar-refractivity contribution in [3.63, 3.8) is 0 Å². The van der Waals surface area contributed by atoms with Crippen LogP contribution in [-0.4, -0.2) is 54.8 Å². The molecule has 1 unspecified atom stereocenters. The summed E-state index contributed by atoms with van der Waals surface area (Å²) >= 11 is 0. The molecule has 2 aromatic carbocycles. The summed E-state index contributed by atoms with van der Waals surface area (Å²) in [6, 6.07) is 17.5. The second-order valence-corrected chi connectivity index (χ2v) is 8.11. The van der Waals surface area contributed by atoms with Gasteiger partial charge in [-0.05, 0) is 43.0 Å². The molecule has 7 nitrogen and oxygen atoms in total. The van der Waals surface area contributed by atoms with Crippen LogP contribution in [0.4, 0.5) is 5.69 Å². The van der Waals surface area contributed by atoms with Gasteiger partial charge in [0, 0.05) is 32.6 Å². The predicted molar refractivity (Wildman–Crippen MR) is 124 cm³/mol. The van der Waals surface area contributed by atoms with Gasteiger partial charge in [0.15, 0.2) is 0 Å². The van der Waals surface area contributed by atoms with Crippen molar-refractivity contribution in [3.05, 3.63) is 65.7 Å². The van der Waals surface area contributed by atoms with Crippen LogP contribution in [-0.2, 0) is 27.3 Å². The van der Waals surface area contributed by atoms with E-state index in [4.69, 9.17) is 4.74 Å². The van der Waals surface area contributed by atoms with E-state index in [2.05, 4.69) is 39.6 Å². The number of hydrogen-bond donors (Lipinski definition) is 1. The van der Waals surface area contributed by atoms with E-state index in [1.54, 1.807) is 11.9 Å². The van der Waals surface area contributed by atoms with Crippen LogP contribution in [0, 0.1) is 0 Å². The normalized spacial score (nSPS) is 18.1. The van der Waals surface area contributed by atoms with E-state index in [1.807, 2.05) is 30.3 Å². The molecular weight excluding hydrogens is 404 g/mol. The number of hydrazone groups is 1. The van der Waals surface area contributed by atoms with E-state index in [1.165, 1.54) is 11.1 Å². The Morgan fingerprint density at radius 3 is 2.62 bits per heavy atom. The van der Waals surface area contributed by atoms with Crippen molar-refractivity contribution in [2.24, 2.45) is 5.10 Å². The van der Waals surface area contributed by atoms with Crippen molar-refractivity contribution in [1.29, 1.82) is 0 Å². The molecule has 2 heterocycles. The predicted octanol–water partition coefficient (Wildman–Crippen LogP) is 2.75. The van der Waals surface area contributed by atoms with Gasteiger partial charge in [0.2, 0.25) is 5.91 Å². The van der Waals surface area contributed by atoms with E-state index in [0.717, 1.165) is 38.2 Å². The second-order valence-electron chi connectivity index (χ2n) is 8.11. The second kappa shape index (κ2) is 10.4. The van der Waals surface area contributed by atoms with Gasteiger partial charge >= 0.3 is 5.97 Å². The minimum atomic E-state index is -0.557. The van der Waals surface area contributed by atoms with Crippen LogP contribution in [0.2, 0.25) is 0 Å². The quantitative estimate of drug-likeness (QED) is 0.511. The molecule has 4 rings (SSSR count). The smallest absolute Gasteiger partial charge is 0.354 e. The van der Waals surface area contributed by atoms with Gasteiger partial charge in [0.05, 0.1) is 12.3 Å². The summed E-state index contributed by atoms with van der Waals surface area (Å²) in [5.74, 6) is -0.588. The summed E-state index contributed by atoms with van der Waals surface area (Å²) in [6.07, 6.45) is 2.19. The highest BCUT2D eigenvalue weighted by atomic mass is 16.5. The van der Waals surface area contributed by atoms with Crippen LogP contribution in [0.15, 0.2) is 59.7 Å². The third kappa shape index (κ3) is 5.16. The third-order valence-electron chi connectivity index (χ3n) is 5.90. The highest BCUT2D eigenvalue weighted by molar-refractivity contribution is 6.38. The van der Waals surface area contributed by atoms with Crippen LogP contribution in [0.25, 0.3) is 0 Å². The van der Waals surface area contributed by atoms with Crippen LogP contribution >= 0.6 is 0 Å². The Balaban J connectivity index is 1.30. The summed E-state index contributed by atoms with van der Waals surface area (Å²) in [5.41, 5.74) is 3.90. The van der Waals surface area contributed by atoms with Crippen molar-refractivity contribution in [2.45, 2.75) is 38.8 Å². The molecule has 1 N–H and O–H groups in total. The number of fused-ring (bicyclic) bond motifs is 1. The molecule has 0 saturated heterocycles. The standard InChI is InChI=1S/C25H30N4O3/c1-2-32-25(31)22-17-23(29(27-22)21-11-4-3-5-12-21)24(30)26-14-8-15-28-16-13-19-9-6-7-10-20(19)18-28/h3-7,9-12,23H,2,8,13-18H2,1H3,(H,26,30). The van der Waals surface area contributed by atoms with E-state index in [9.17, 15) is 9.59 Å². The van der Waals surface area contributed by atoms with Crippen molar-refractivity contribution < 1.29 is 14.3 Å². The average molecular weight is 435 g/mol. The molecule has 0 aliphatic carbocycles. The minimum Gasteiger partial charge on any atom is -0.461 e. The van der Waals surface area contributed by atoms with Crippen LogP contribution in [0.5, 0.6) is 0 Å². The molecule has 0 spiro atoms. The van der Waals surface area contributed by atoms with Crippen LogP contribution in [0.3, 0.4) is 0 Å². The Bertz CT molecular complexity index is 976. The van der Waals surface area contributed by atoms with Crippen molar-refractivity contribution >= 4 is 23.3 Å².